The fourth-order valence-corrected chi connectivity index (χ4v) is 2.58. The molecule has 4 heteroatoms. The number of nitrogens with zero attached hydrogens (tertiary/aromatic N) is 1. The Labute approximate surface area is 111 Å². The van der Waals surface area contributed by atoms with Crippen LogP contribution in [0.15, 0.2) is 0 Å². The Kier molecular flexibility index (Phi) is 7.28. The molecule has 1 atom stereocenters. The van der Waals surface area contributed by atoms with Crippen LogP contribution in [0.3, 0.4) is 0 Å². The lowest BCUT2D eigenvalue weighted by Gasteiger charge is -2.31. The maximum absolute atomic E-state index is 10.9. The highest BCUT2D eigenvalue weighted by Crippen LogP contribution is 2.21. The van der Waals surface area contributed by atoms with Gasteiger partial charge in [-0.05, 0) is 39.4 Å². The highest BCUT2D eigenvalue weighted by atomic mass is 16.1. The standard InChI is InChI=1S/C14H29N3O/c1-12(14(15)18)11-16-9-6-10-17(2)13-7-4-3-5-8-13/h12-13,16H,3-11H2,1-2H3,(H2,15,18). The van der Waals surface area contributed by atoms with Gasteiger partial charge in [-0.15, -0.1) is 0 Å². The van der Waals surface area contributed by atoms with Gasteiger partial charge in [0.05, 0.1) is 0 Å². The van der Waals surface area contributed by atoms with Crippen molar-refractivity contribution in [1.82, 2.24) is 10.2 Å². The fraction of sp³-hybridized carbons (Fsp3) is 0.929. The van der Waals surface area contributed by atoms with Crippen molar-refractivity contribution in [3.05, 3.63) is 0 Å². The zero-order valence-corrected chi connectivity index (χ0v) is 12.0. The van der Waals surface area contributed by atoms with E-state index in [0.717, 1.165) is 25.6 Å². The van der Waals surface area contributed by atoms with Gasteiger partial charge in [-0.1, -0.05) is 26.2 Å². The van der Waals surface area contributed by atoms with Crippen LogP contribution >= 0.6 is 0 Å². The second-order valence-electron chi connectivity index (χ2n) is 5.63. The van der Waals surface area contributed by atoms with Crippen molar-refractivity contribution in [3.8, 4) is 0 Å². The van der Waals surface area contributed by atoms with Gasteiger partial charge in [0.1, 0.15) is 0 Å². The lowest BCUT2D eigenvalue weighted by molar-refractivity contribution is -0.121. The molecule has 0 bridgehead atoms. The average molecular weight is 255 g/mol. The van der Waals surface area contributed by atoms with Gasteiger partial charge in [0, 0.05) is 18.5 Å². The van der Waals surface area contributed by atoms with Gasteiger partial charge in [-0.2, -0.15) is 0 Å². The molecule has 1 rings (SSSR count). The number of hydrogen-bond acceptors (Lipinski definition) is 3. The van der Waals surface area contributed by atoms with Crippen LogP contribution in [-0.4, -0.2) is 43.5 Å². The summed E-state index contributed by atoms with van der Waals surface area (Å²) >= 11 is 0. The molecule has 0 saturated heterocycles. The van der Waals surface area contributed by atoms with Crippen molar-refractivity contribution in [3.63, 3.8) is 0 Å². The molecule has 18 heavy (non-hydrogen) atoms. The van der Waals surface area contributed by atoms with Crippen LogP contribution in [0.4, 0.5) is 0 Å². The van der Waals surface area contributed by atoms with E-state index in [1.54, 1.807) is 0 Å². The Morgan fingerprint density at radius 3 is 2.67 bits per heavy atom. The first-order chi connectivity index (χ1) is 8.61. The summed E-state index contributed by atoms with van der Waals surface area (Å²) in [6.07, 6.45) is 8.06. The summed E-state index contributed by atoms with van der Waals surface area (Å²) in [6.45, 7) is 4.67. The molecule has 3 N–H and O–H groups in total. The van der Waals surface area contributed by atoms with E-state index in [-0.39, 0.29) is 11.8 Å². The van der Waals surface area contributed by atoms with Gasteiger partial charge in [-0.25, -0.2) is 0 Å². The van der Waals surface area contributed by atoms with E-state index in [2.05, 4.69) is 17.3 Å². The maximum atomic E-state index is 10.9. The average Bonchev–Trinajstić information content (AvgIpc) is 2.38. The Morgan fingerprint density at radius 2 is 2.06 bits per heavy atom. The monoisotopic (exact) mass is 255 g/mol. The second-order valence-corrected chi connectivity index (χ2v) is 5.63. The predicted octanol–water partition coefficient (Wildman–Crippen LogP) is 1.35. The Balaban J connectivity index is 2.01. The molecule has 1 amide bonds. The van der Waals surface area contributed by atoms with Crippen LogP contribution in [0, 0.1) is 5.92 Å². The third-order valence-electron chi connectivity index (χ3n) is 4.00. The van der Waals surface area contributed by atoms with Gasteiger partial charge in [0.15, 0.2) is 0 Å². The van der Waals surface area contributed by atoms with Crippen LogP contribution in [0.5, 0.6) is 0 Å². The topological polar surface area (TPSA) is 58.4 Å². The van der Waals surface area contributed by atoms with Crippen LogP contribution in [-0.2, 0) is 4.79 Å². The van der Waals surface area contributed by atoms with E-state index in [9.17, 15) is 4.79 Å². The number of carbonyl (C=O) groups is 1. The fourth-order valence-electron chi connectivity index (χ4n) is 2.58. The Hall–Kier alpha value is -0.610. The van der Waals surface area contributed by atoms with Crippen molar-refractivity contribution >= 4 is 5.91 Å². The molecule has 0 aliphatic heterocycles. The normalized spacial score (nSPS) is 19.1. The van der Waals surface area contributed by atoms with Crippen LogP contribution < -0.4 is 11.1 Å². The van der Waals surface area contributed by atoms with Crippen LogP contribution in [0.1, 0.15) is 45.4 Å². The quantitative estimate of drug-likeness (QED) is 0.644. The molecule has 1 aliphatic carbocycles. The summed E-state index contributed by atoms with van der Waals surface area (Å²) in [4.78, 5) is 13.4. The number of amides is 1. The molecule has 4 nitrogen and oxygen atoms in total. The summed E-state index contributed by atoms with van der Waals surface area (Å²) in [6, 6.07) is 0.795. The van der Waals surface area contributed by atoms with Gasteiger partial charge >= 0.3 is 0 Å². The minimum absolute atomic E-state index is 0.0684. The SMILES string of the molecule is CC(CNCCCN(C)C1CCCCC1)C(N)=O. The molecule has 1 unspecified atom stereocenters. The molecule has 0 spiro atoms. The summed E-state index contributed by atoms with van der Waals surface area (Å²) < 4.78 is 0. The molecule has 1 aliphatic rings. The molecular weight excluding hydrogens is 226 g/mol. The van der Waals surface area contributed by atoms with E-state index in [4.69, 9.17) is 5.73 Å². The zero-order valence-electron chi connectivity index (χ0n) is 12.0. The first-order valence-corrected chi connectivity index (χ1v) is 7.31. The summed E-state index contributed by atoms with van der Waals surface area (Å²) in [5.74, 6) is -0.289. The molecule has 0 heterocycles. The van der Waals surface area contributed by atoms with Crippen LogP contribution in [0.25, 0.3) is 0 Å². The van der Waals surface area contributed by atoms with Crippen molar-refractivity contribution in [2.75, 3.05) is 26.7 Å². The molecule has 0 aromatic carbocycles. The number of primary amides is 1. The first-order valence-electron chi connectivity index (χ1n) is 7.31. The smallest absolute Gasteiger partial charge is 0.221 e. The number of rotatable bonds is 8. The molecule has 0 radical (unpaired) electrons. The molecule has 1 saturated carbocycles. The van der Waals surface area contributed by atoms with Crippen molar-refractivity contribution in [2.24, 2.45) is 11.7 Å². The summed E-state index contributed by atoms with van der Waals surface area (Å²) in [5.41, 5.74) is 5.21. The summed E-state index contributed by atoms with van der Waals surface area (Å²) in [5, 5.41) is 3.30. The number of nitrogens with one attached hydrogen (secondary N) is 1. The van der Waals surface area contributed by atoms with Gasteiger partial charge in [0.25, 0.3) is 0 Å². The van der Waals surface area contributed by atoms with E-state index in [1.165, 1.54) is 32.1 Å². The van der Waals surface area contributed by atoms with E-state index < -0.39 is 0 Å². The second kappa shape index (κ2) is 8.48. The molecule has 1 fully saturated rings. The Morgan fingerprint density at radius 1 is 1.39 bits per heavy atom. The molecule has 0 aromatic rings. The molecule has 0 aromatic heterocycles. The lowest BCUT2D eigenvalue weighted by atomic mass is 9.94. The third kappa shape index (κ3) is 5.83. The zero-order chi connectivity index (χ0) is 13.4. The minimum atomic E-state index is -0.221. The van der Waals surface area contributed by atoms with Crippen molar-refractivity contribution < 1.29 is 4.79 Å². The highest BCUT2D eigenvalue weighted by Gasteiger charge is 2.17. The van der Waals surface area contributed by atoms with Crippen molar-refractivity contribution in [1.29, 1.82) is 0 Å². The maximum Gasteiger partial charge on any atom is 0.221 e. The highest BCUT2D eigenvalue weighted by molar-refractivity contribution is 5.76. The van der Waals surface area contributed by atoms with Gasteiger partial charge in [-0.3, -0.25) is 4.79 Å². The van der Waals surface area contributed by atoms with E-state index in [1.807, 2.05) is 6.92 Å². The number of hydrogen-bond donors (Lipinski definition) is 2. The predicted molar refractivity (Wildman–Crippen MR) is 75.3 cm³/mol. The molecular formula is C14H29N3O. The van der Waals surface area contributed by atoms with Crippen LogP contribution in [0.2, 0.25) is 0 Å². The van der Waals surface area contributed by atoms with E-state index >= 15 is 0 Å². The number of carbonyl (C=O) groups excluding carboxylic acids is 1. The largest absolute Gasteiger partial charge is 0.369 e. The minimum Gasteiger partial charge on any atom is -0.369 e. The summed E-state index contributed by atoms with van der Waals surface area (Å²) in [7, 11) is 2.24. The van der Waals surface area contributed by atoms with Gasteiger partial charge in [0.2, 0.25) is 5.91 Å². The first kappa shape index (κ1) is 15.4. The van der Waals surface area contributed by atoms with Crippen molar-refractivity contribution in [2.45, 2.75) is 51.5 Å². The Bertz CT molecular complexity index is 239. The third-order valence-corrected chi connectivity index (χ3v) is 4.00. The van der Waals surface area contributed by atoms with Gasteiger partial charge < -0.3 is 16.0 Å². The molecule has 106 valence electrons. The van der Waals surface area contributed by atoms with E-state index in [0.29, 0.717) is 6.54 Å². The lowest BCUT2D eigenvalue weighted by Crippen LogP contribution is -2.36. The number of nitrogens with two attached hydrogens (primary N) is 1.